The Morgan fingerprint density at radius 1 is 1.44 bits per heavy atom. The van der Waals surface area contributed by atoms with Gasteiger partial charge in [0.2, 0.25) is 0 Å². The van der Waals surface area contributed by atoms with Crippen LogP contribution < -0.4 is 4.74 Å². The van der Waals surface area contributed by atoms with Crippen LogP contribution >= 0.6 is 11.6 Å². The monoisotopic (exact) mass is 243 g/mol. The van der Waals surface area contributed by atoms with Gasteiger partial charge in [-0.25, -0.2) is 0 Å². The Balaban J connectivity index is 2.71. The minimum atomic E-state index is -0.576. The lowest BCUT2D eigenvalue weighted by Crippen LogP contribution is -2.19. The molecule has 0 unspecified atom stereocenters. The van der Waals surface area contributed by atoms with E-state index >= 15 is 0 Å². The Morgan fingerprint density at radius 2 is 2.12 bits per heavy atom. The summed E-state index contributed by atoms with van der Waals surface area (Å²) in [7, 11) is 3.97. The second-order valence-electron chi connectivity index (χ2n) is 4.01. The molecule has 90 valence electrons. The average molecular weight is 244 g/mol. The molecule has 0 aliphatic heterocycles. The molecular formula is C12H18ClNO2. The van der Waals surface area contributed by atoms with E-state index in [1.165, 1.54) is 0 Å². The van der Waals surface area contributed by atoms with Crippen molar-refractivity contribution in [3.63, 3.8) is 0 Å². The quantitative estimate of drug-likeness (QED) is 0.862. The molecule has 0 radical (unpaired) electrons. The molecule has 0 heterocycles. The number of aliphatic hydroxyl groups is 1. The van der Waals surface area contributed by atoms with Crippen LogP contribution in [0.25, 0.3) is 0 Å². The highest BCUT2D eigenvalue weighted by atomic mass is 35.5. The van der Waals surface area contributed by atoms with E-state index in [9.17, 15) is 5.11 Å². The number of hydrogen-bond donors (Lipinski definition) is 1. The molecule has 1 aromatic carbocycles. The molecule has 16 heavy (non-hydrogen) atoms. The molecule has 0 saturated carbocycles. The summed E-state index contributed by atoms with van der Waals surface area (Å²) < 4.78 is 5.60. The van der Waals surface area contributed by atoms with Crippen LogP contribution in [0.2, 0.25) is 5.02 Å². The molecule has 0 bridgehead atoms. The highest BCUT2D eigenvalue weighted by Gasteiger charge is 2.09. The van der Waals surface area contributed by atoms with Crippen LogP contribution in [0, 0.1) is 0 Å². The third-order valence-electron chi connectivity index (χ3n) is 2.22. The van der Waals surface area contributed by atoms with Gasteiger partial charge < -0.3 is 14.7 Å². The molecule has 3 nitrogen and oxygen atoms in total. The molecule has 0 aliphatic rings. The maximum atomic E-state index is 9.59. The zero-order valence-corrected chi connectivity index (χ0v) is 10.7. The van der Waals surface area contributed by atoms with E-state index < -0.39 is 6.10 Å². The number of ether oxygens (including phenoxy) is 1. The molecule has 1 aromatic rings. The zero-order chi connectivity index (χ0) is 12.1. The molecule has 1 atom stereocenters. The van der Waals surface area contributed by atoms with Gasteiger partial charge in [0.05, 0.1) is 6.10 Å². The first-order chi connectivity index (χ1) is 7.50. The van der Waals surface area contributed by atoms with Crippen molar-refractivity contribution >= 4 is 11.6 Å². The van der Waals surface area contributed by atoms with E-state index in [2.05, 4.69) is 0 Å². The maximum Gasteiger partial charge on any atom is 0.125 e. The van der Waals surface area contributed by atoms with Crippen molar-refractivity contribution in [1.29, 1.82) is 0 Å². The van der Waals surface area contributed by atoms with Crippen molar-refractivity contribution in [2.45, 2.75) is 13.0 Å². The molecule has 0 fully saturated rings. The van der Waals surface area contributed by atoms with E-state index in [1.807, 2.05) is 19.0 Å². The number of rotatable bonds is 5. The minimum Gasteiger partial charge on any atom is -0.492 e. The fourth-order valence-electron chi connectivity index (χ4n) is 1.32. The number of halogens is 1. The van der Waals surface area contributed by atoms with Crippen LogP contribution in [-0.2, 0) is 0 Å². The summed E-state index contributed by atoms with van der Waals surface area (Å²) in [4.78, 5) is 2.04. The predicted molar refractivity (Wildman–Crippen MR) is 66.1 cm³/mol. The number of hydrogen-bond acceptors (Lipinski definition) is 3. The Bertz CT molecular complexity index is 340. The van der Waals surface area contributed by atoms with Crippen LogP contribution in [0.5, 0.6) is 5.75 Å². The molecule has 0 aliphatic carbocycles. The van der Waals surface area contributed by atoms with Crippen molar-refractivity contribution in [2.24, 2.45) is 0 Å². The smallest absolute Gasteiger partial charge is 0.125 e. The summed E-state index contributed by atoms with van der Waals surface area (Å²) in [6.07, 6.45) is -0.576. The summed E-state index contributed by atoms with van der Waals surface area (Å²) in [6, 6.07) is 5.29. The maximum absolute atomic E-state index is 9.59. The van der Waals surface area contributed by atoms with E-state index in [0.29, 0.717) is 17.4 Å². The van der Waals surface area contributed by atoms with E-state index in [4.69, 9.17) is 16.3 Å². The number of likely N-dealkylation sites (N-methyl/N-ethyl adjacent to an activating group) is 1. The molecular weight excluding hydrogens is 226 g/mol. The summed E-state index contributed by atoms with van der Waals surface area (Å²) in [5, 5.41) is 10.2. The van der Waals surface area contributed by atoms with Gasteiger partial charge >= 0.3 is 0 Å². The SMILES string of the molecule is C[C@H](O)c1cc(Cl)ccc1OCCN(C)C. The number of aliphatic hydroxyl groups excluding tert-OH is 1. The van der Waals surface area contributed by atoms with Gasteiger partial charge in [-0.1, -0.05) is 11.6 Å². The van der Waals surface area contributed by atoms with Crippen LogP contribution in [0.15, 0.2) is 18.2 Å². The summed E-state index contributed by atoms with van der Waals surface area (Å²) in [5.74, 6) is 0.696. The fourth-order valence-corrected chi connectivity index (χ4v) is 1.50. The van der Waals surface area contributed by atoms with Crippen LogP contribution in [0.3, 0.4) is 0 Å². The van der Waals surface area contributed by atoms with Crippen molar-refractivity contribution in [2.75, 3.05) is 27.2 Å². The van der Waals surface area contributed by atoms with Crippen molar-refractivity contribution in [3.05, 3.63) is 28.8 Å². The highest BCUT2D eigenvalue weighted by Crippen LogP contribution is 2.28. The first-order valence-corrected chi connectivity index (χ1v) is 5.63. The molecule has 0 saturated heterocycles. The van der Waals surface area contributed by atoms with Crippen LogP contribution in [0.1, 0.15) is 18.6 Å². The van der Waals surface area contributed by atoms with Crippen molar-refractivity contribution in [1.82, 2.24) is 4.90 Å². The summed E-state index contributed by atoms with van der Waals surface area (Å²) in [6.45, 7) is 3.13. The van der Waals surface area contributed by atoms with Gasteiger partial charge in [0.1, 0.15) is 12.4 Å². The van der Waals surface area contributed by atoms with E-state index in [0.717, 1.165) is 12.1 Å². The minimum absolute atomic E-state index is 0.576. The fraction of sp³-hybridized carbons (Fsp3) is 0.500. The normalized spacial score (nSPS) is 12.9. The van der Waals surface area contributed by atoms with E-state index in [-0.39, 0.29) is 0 Å². The second kappa shape index (κ2) is 6.09. The van der Waals surface area contributed by atoms with Gasteiger partial charge in [-0.2, -0.15) is 0 Å². The lowest BCUT2D eigenvalue weighted by atomic mass is 10.1. The molecule has 1 rings (SSSR count). The first kappa shape index (κ1) is 13.3. The Labute approximate surface area is 102 Å². The van der Waals surface area contributed by atoms with Gasteiger partial charge in [-0.05, 0) is 39.2 Å². The number of benzene rings is 1. The molecule has 0 amide bonds. The third kappa shape index (κ3) is 4.00. The summed E-state index contributed by atoms with van der Waals surface area (Å²) >= 11 is 5.87. The Hall–Kier alpha value is -0.770. The Morgan fingerprint density at radius 3 is 2.69 bits per heavy atom. The number of nitrogens with zero attached hydrogens (tertiary/aromatic N) is 1. The first-order valence-electron chi connectivity index (χ1n) is 5.25. The van der Waals surface area contributed by atoms with Crippen LogP contribution in [-0.4, -0.2) is 37.3 Å². The summed E-state index contributed by atoms with van der Waals surface area (Å²) in [5.41, 5.74) is 0.728. The van der Waals surface area contributed by atoms with Crippen LogP contribution in [0.4, 0.5) is 0 Å². The molecule has 0 aromatic heterocycles. The van der Waals surface area contributed by atoms with Gasteiger partial charge in [0.15, 0.2) is 0 Å². The van der Waals surface area contributed by atoms with Gasteiger partial charge in [-0.15, -0.1) is 0 Å². The Kier molecular flexibility index (Phi) is 5.06. The largest absolute Gasteiger partial charge is 0.492 e. The molecule has 4 heteroatoms. The molecule has 0 spiro atoms. The third-order valence-corrected chi connectivity index (χ3v) is 2.45. The van der Waals surface area contributed by atoms with Crippen molar-refractivity contribution in [3.8, 4) is 5.75 Å². The lowest BCUT2D eigenvalue weighted by Gasteiger charge is -2.15. The van der Waals surface area contributed by atoms with Gasteiger partial charge in [-0.3, -0.25) is 0 Å². The van der Waals surface area contributed by atoms with Gasteiger partial charge in [0, 0.05) is 17.1 Å². The van der Waals surface area contributed by atoms with Gasteiger partial charge in [0.25, 0.3) is 0 Å². The molecule has 1 N–H and O–H groups in total. The highest BCUT2D eigenvalue weighted by molar-refractivity contribution is 6.30. The average Bonchev–Trinajstić information content (AvgIpc) is 2.19. The zero-order valence-electron chi connectivity index (χ0n) is 9.90. The lowest BCUT2D eigenvalue weighted by molar-refractivity contribution is 0.188. The second-order valence-corrected chi connectivity index (χ2v) is 4.45. The predicted octanol–water partition coefficient (Wildman–Crippen LogP) is 2.33. The standard InChI is InChI=1S/C12H18ClNO2/c1-9(15)11-8-10(13)4-5-12(11)16-7-6-14(2)3/h4-5,8-9,15H,6-7H2,1-3H3/t9-/m0/s1. The van der Waals surface area contributed by atoms with E-state index in [1.54, 1.807) is 25.1 Å². The topological polar surface area (TPSA) is 32.7 Å². The van der Waals surface area contributed by atoms with Crippen molar-refractivity contribution < 1.29 is 9.84 Å².